The molecule has 130 valence electrons. The summed E-state index contributed by atoms with van der Waals surface area (Å²) in [6.45, 7) is 0.234. The Morgan fingerprint density at radius 1 is 1.12 bits per heavy atom. The summed E-state index contributed by atoms with van der Waals surface area (Å²) >= 11 is 0. The van der Waals surface area contributed by atoms with E-state index in [0.717, 1.165) is 16.6 Å². The molecular weight excluding hydrogens is 328 g/mol. The quantitative estimate of drug-likeness (QED) is 0.713. The number of aromatic nitrogens is 2. The Morgan fingerprint density at radius 2 is 1.85 bits per heavy atom. The maximum atomic E-state index is 12.1. The predicted octanol–water partition coefficient (Wildman–Crippen LogP) is 2.05. The molecule has 2 amide bonds. The summed E-state index contributed by atoms with van der Waals surface area (Å²) in [5.41, 5.74) is 3.58. The SMILES string of the molecule is CN(C)C(=O)c1ccc(C#CCNC(=O)c2ccc3nc[nH]c3c2)cc1. The first-order valence-corrected chi connectivity index (χ1v) is 8.06. The van der Waals surface area contributed by atoms with Crippen LogP contribution in [0.3, 0.4) is 0 Å². The Balaban J connectivity index is 1.58. The highest BCUT2D eigenvalue weighted by Crippen LogP contribution is 2.11. The van der Waals surface area contributed by atoms with Gasteiger partial charge in [-0.05, 0) is 42.5 Å². The molecule has 3 rings (SSSR count). The average Bonchev–Trinajstić information content (AvgIpc) is 3.12. The Kier molecular flexibility index (Phi) is 4.99. The standard InChI is InChI=1S/C20H18N4O2/c1-24(2)20(26)15-7-5-14(6-8-15)4-3-11-21-19(25)16-9-10-17-18(12-16)23-13-22-17/h5-10,12-13H,11H2,1-2H3,(H,21,25)(H,22,23). The molecule has 2 aromatic carbocycles. The highest BCUT2D eigenvalue weighted by Gasteiger charge is 2.07. The van der Waals surface area contributed by atoms with Gasteiger partial charge in [-0.15, -0.1) is 0 Å². The maximum Gasteiger partial charge on any atom is 0.253 e. The van der Waals surface area contributed by atoms with Crippen LogP contribution in [-0.4, -0.2) is 47.3 Å². The van der Waals surface area contributed by atoms with Crippen LogP contribution in [0.15, 0.2) is 48.8 Å². The summed E-state index contributed by atoms with van der Waals surface area (Å²) in [5, 5.41) is 2.76. The predicted molar refractivity (Wildman–Crippen MR) is 99.8 cm³/mol. The summed E-state index contributed by atoms with van der Waals surface area (Å²) in [4.78, 5) is 32.6. The Labute approximate surface area is 151 Å². The summed E-state index contributed by atoms with van der Waals surface area (Å²) in [5.74, 6) is 5.63. The van der Waals surface area contributed by atoms with Crippen molar-refractivity contribution in [2.24, 2.45) is 0 Å². The van der Waals surface area contributed by atoms with Crippen LogP contribution >= 0.6 is 0 Å². The van der Waals surface area contributed by atoms with E-state index in [1.165, 1.54) is 4.90 Å². The number of carbonyl (C=O) groups is 2. The second-order valence-electron chi connectivity index (χ2n) is 5.90. The van der Waals surface area contributed by atoms with E-state index in [-0.39, 0.29) is 18.4 Å². The molecule has 1 aromatic heterocycles. The largest absolute Gasteiger partial charge is 0.345 e. The zero-order chi connectivity index (χ0) is 18.5. The summed E-state index contributed by atoms with van der Waals surface area (Å²) in [7, 11) is 3.42. The van der Waals surface area contributed by atoms with Gasteiger partial charge < -0.3 is 15.2 Å². The highest BCUT2D eigenvalue weighted by molar-refractivity contribution is 5.97. The van der Waals surface area contributed by atoms with Gasteiger partial charge in [0, 0.05) is 30.8 Å². The van der Waals surface area contributed by atoms with Crippen LogP contribution in [0.2, 0.25) is 0 Å². The lowest BCUT2D eigenvalue weighted by Crippen LogP contribution is -2.23. The van der Waals surface area contributed by atoms with Gasteiger partial charge in [-0.1, -0.05) is 11.8 Å². The zero-order valence-corrected chi connectivity index (χ0v) is 14.5. The molecule has 0 aliphatic heterocycles. The number of nitrogens with zero attached hydrogens (tertiary/aromatic N) is 2. The number of hydrogen-bond donors (Lipinski definition) is 2. The van der Waals surface area contributed by atoms with E-state index in [0.29, 0.717) is 11.1 Å². The number of amides is 2. The topological polar surface area (TPSA) is 78.1 Å². The van der Waals surface area contributed by atoms with Crippen molar-refractivity contribution in [3.63, 3.8) is 0 Å². The van der Waals surface area contributed by atoms with Crippen LogP contribution in [0.4, 0.5) is 0 Å². The van der Waals surface area contributed by atoms with Crippen molar-refractivity contribution in [1.29, 1.82) is 0 Å². The number of aromatic amines is 1. The number of imidazole rings is 1. The second-order valence-corrected chi connectivity index (χ2v) is 5.90. The van der Waals surface area contributed by atoms with E-state index in [9.17, 15) is 9.59 Å². The Hall–Kier alpha value is -3.59. The van der Waals surface area contributed by atoms with Crippen LogP contribution < -0.4 is 5.32 Å². The van der Waals surface area contributed by atoms with E-state index in [4.69, 9.17) is 0 Å². The van der Waals surface area contributed by atoms with E-state index >= 15 is 0 Å². The highest BCUT2D eigenvalue weighted by atomic mass is 16.2. The third-order valence-electron chi connectivity index (χ3n) is 3.79. The first-order chi connectivity index (χ1) is 12.5. The van der Waals surface area contributed by atoms with Crippen molar-refractivity contribution in [1.82, 2.24) is 20.2 Å². The van der Waals surface area contributed by atoms with E-state index in [1.54, 1.807) is 62.9 Å². The van der Waals surface area contributed by atoms with Crippen molar-refractivity contribution in [3.8, 4) is 11.8 Å². The molecule has 0 radical (unpaired) electrons. The van der Waals surface area contributed by atoms with Crippen molar-refractivity contribution in [3.05, 3.63) is 65.5 Å². The van der Waals surface area contributed by atoms with Crippen molar-refractivity contribution >= 4 is 22.8 Å². The minimum Gasteiger partial charge on any atom is -0.345 e. The number of H-pyrrole nitrogens is 1. The lowest BCUT2D eigenvalue weighted by Gasteiger charge is -2.09. The Morgan fingerprint density at radius 3 is 2.58 bits per heavy atom. The molecule has 0 unspecified atom stereocenters. The van der Waals surface area contributed by atoms with Crippen LogP contribution in [0, 0.1) is 11.8 Å². The van der Waals surface area contributed by atoms with Crippen LogP contribution in [0.5, 0.6) is 0 Å². The summed E-state index contributed by atoms with van der Waals surface area (Å²) in [6, 6.07) is 12.3. The fourth-order valence-electron chi connectivity index (χ4n) is 2.40. The van der Waals surface area contributed by atoms with E-state index < -0.39 is 0 Å². The first kappa shape index (κ1) is 17.2. The third kappa shape index (κ3) is 3.90. The van der Waals surface area contributed by atoms with Gasteiger partial charge in [0.2, 0.25) is 0 Å². The van der Waals surface area contributed by atoms with Gasteiger partial charge in [0.1, 0.15) is 0 Å². The molecule has 0 spiro atoms. The molecule has 0 aliphatic rings. The minimum atomic E-state index is -0.192. The monoisotopic (exact) mass is 346 g/mol. The van der Waals surface area contributed by atoms with Crippen molar-refractivity contribution < 1.29 is 9.59 Å². The molecule has 26 heavy (non-hydrogen) atoms. The third-order valence-corrected chi connectivity index (χ3v) is 3.79. The van der Waals surface area contributed by atoms with Gasteiger partial charge in [0.15, 0.2) is 0 Å². The van der Waals surface area contributed by atoms with Gasteiger partial charge in [-0.3, -0.25) is 9.59 Å². The number of carbonyl (C=O) groups excluding carboxylic acids is 2. The van der Waals surface area contributed by atoms with Gasteiger partial charge in [-0.2, -0.15) is 0 Å². The van der Waals surface area contributed by atoms with Crippen LogP contribution in [0.1, 0.15) is 26.3 Å². The molecule has 0 saturated heterocycles. The number of hydrogen-bond acceptors (Lipinski definition) is 3. The minimum absolute atomic E-state index is 0.0500. The molecule has 6 heteroatoms. The van der Waals surface area contributed by atoms with Gasteiger partial charge >= 0.3 is 0 Å². The Bertz CT molecular complexity index is 1010. The number of nitrogens with one attached hydrogen (secondary N) is 2. The van der Waals surface area contributed by atoms with Crippen LogP contribution in [-0.2, 0) is 0 Å². The summed E-state index contributed by atoms with van der Waals surface area (Å²) < 4.78 is 0. The fourth-order valence-corrected chi connectivity index (χ4v) is 2.40. The van der Waals surface area contributed by atoms with Crippen molar-refractivity contribution in [2.45, 2.75) is 0 Å². The molecule has 6 nitrogen and oxygen atoms in total. The van der Waals surface area contributed by atoms with Crippen LogP contribution in [0.25, 0.3) is 11.0 Å². The number of benzene rings is 2. The average molecular weight is 346 g/mol. The number of rotatable bonds is 3. The molecule has 0 bridgehead atoms. The molecule has 0 atom stereocenters. The fraction of sp³-hybridized carbons (Fsp3) is 0.150. The molecular formula is C20H18N4O2. The molecule has 1 heterocycles. The van der Waals surface area contributed by atoms with Gasteiger partial charge in [0.25, 0.3) is 11.8 Å². The molecule has 0 fully saturated rings. The molecule has 2 N–H and O–H groups in total. The lowest BCUT2D eigenvalue weighted by molar-refractivity contribution is 0.0827. The maximum absolute atomic E-state index is 12.1. The number of fused-ring (bicyclic) bond motifs is 1. The molecule has 0 aliphatic carbocycles. The van der Waals surface area contributed by atoms with E-state index in [1.807, 2.05) is 0 Å². The van der Waals surface area contributed by atoms with Gasteiger partial charge in [0.05, 0.1) is 23.9 Å². The normalized spacial score (nSPS) is 10.1. The zero-order valence-electron chi connectivity index (χ0n) is 14.5. The van der Waals surface area contributed by atoms with E-state index in [2.05, 4.69) is 27.1 Å². The molecule has 3 aromatic rings. The second kappa shape index (κ2) is 7.53. The summed E-state index contributed by atoms with van der Waals surface area (Å²) in [6.07, 6.45) is 1.59. The smallest absolute Gasteiger partial charge is 0.253 e. The first-order valence-electron chi connectivity index (χ1n) is 8.06. The lowest BCUT2D eigenvalue weighted by atomic mass is 10.1. The van der Waals surface area contributed by atoms with Crippen molar-refractivity contribution in [2.75, 3.05) is 20.6 Å². The molecule has 0 saturated carbocycles. The van der Waals surface area contributed by atoms with Gasteiger partial charge in [-0.25, -0.2) is 4.98 Å².